The van der Waals surface area contributed by atoms with Crippen LogP contribution in [0, 0.1) is 0 Å². The molecule has 1 aliphatic rings. The summed E-state index contributed by atoms with van der Waals surface area (Å²) in [4.78, 5) is 6.88. The summed E-state index contributed by atoms with van der Waals surface area (Å²) in [5.74, 6) is 1.65. The van der Waals surface area contributed by atoms with E-state index in [9.17, 15) is 0 Å². The van der Waals surface area contributed by atoms with Gasteiger partial charge in [-0.25, -0.2) is 4.98 Å². The Morgan fingerprint density at radius 3 is 2.18 bits per heavy atom. The van der Waals surface area contributed by atoms with E-state index in [2.05, 4.69) is 94.2 Å². The van der Waals surface area contributed by atoms with E-state index >= 15 is 0 Å². The largest absolute Gasteiger partial charge is 0.486 e. The van der Waals surface area contributed by atoms with Crippen molar-refractivity contribution in [1.82, 2.24) is 14.5 Å². The minimum absolute atomic E-state index is 0.382. The molecule has 0 N–H and O–H groups in total. The van der Waals surface area contributed by atoms with Crippen molar-refractivity contribution in [1.29, 1.82) is 0 Å². The zero-order chi connectivity index (χ0) is 23.2. The Kier molecular flexibility index (Phi) is 6.63. The first-order valence-electron chi connectivity index (χ1n) is 12.0. The molecule has 5 heteroatoms. The maximum atomic E-state index is 5.93. The van der Waals surface area contributed by atoms with Gasteiger partial charge in [0.25, 0.3) is 0 Å². The van der Waals surface area contributed by atoms with E-state index in [0.29, 0.717) is 13.2 Å². The summed E-state index contributed by atoms with van der Waals surface area (Å²) in [6, 6.07) is 28.1. The third-order valence-corrected chi connectivity index (χ3v) is 6.50. The van der Waals surface area contributed by atoms with E-state index in [1.54, 1.807) is 0 Å². The second kappa shape index (κ2) is 10.1. The number of nitrogens with zero attached hydrogens (tertiary/aromatic N) is 3. The first-order chi connectivity index (χ1) is 16.8. The molecule has 0 saturated carbocycles. The fourth-order valence-electron chi connectivity index (χ4n) is 4.99. The van der Waals surface area contributed by atoms with Crippen LogP contribution in [0.2, 0.25) is 0 Å². The molecule has 0 spiro atoms. The third kappa shape index (κ3) is 4.44. The number of imidazole rings is 1. The van der Waals surface area contributed by atoms with Gasteiger partial charge in [0.05, 0.1) is 18.5 Å². The minimum atomic E-state index is -0.382. The highest BCUT2D eigenvalue weighted by atomic mass is 16.6. The predicted molar refractivity (Wildman–Crippen MR) is 134 cm³/mol. The van der Waals surface area contributed by atoms with Crippen LogP contribution in [-0.2, 0) is 18.6 Å². The summed E-state index contributed by atoms with van der Waals surface area (Å²) >= 11 is 0. The van der Waals surface area contributed by atoms with Crippen LogP contribution in [-0.4, -0.2) is 34.2 Å². The van der Waals surface area contributed by atoms with Crippen LogP contribution in [0.25, 0.3) is 0 Å². The van der Waals surface area contributed by atoms with Crippen molar-refractivity contribution in [2.75, 3.05) is 19.8 Å². The minimum Gasteiger partial charge on any atom is -0.486 e. The molecule has 0 aliphatic carbocycles. The second-order valence-electron chi connectivity index (χ2n) is 8.73. The molecule has 34 heavy (non-hydrogen) atoms. The molecular weight excluding hydrogens is 422 g/mol. The fourth-order valence-corrected chi connectivity index (χ4v) is 4.99. The van der Waals surface area contributed by atoms with Crippen molar-refractivity contribution in [3.05, 3.63) is 114 Å². The SMILES string of the molecule is CCCN(Cn1ccnc1)C(Cc1ccc2c(c1)OCCO2)(c1ccccc1)c1ccccc1. The highest BCUT2D eigenvalue weighted by Gasteiger charge is 2.40. The van der Waals surface area contributed by atoms with Gasteiger partial charge in [0.1, 0.15) is 13.2 Å². The standard InChI is InChI=1S/C29H31N3O2/c1-2-16-32(23-31-17-15-30-22-31)29(25-9-5-3-6-10-25,26-11-7-4-8-12-26)21-24-13-14-27-28(20-24)34-19-18-33-27/h3-15,17,20,22H,2,16,18-19,21,23H2,1H3. The summed E-state index contributed by atoms with van der Waals surface area (Å²) in [6.07, 6.45) is 7.61. The molecule has 0 fully saturated rings. The first kappa shape index (κ1) is 22.2. The molecule has 174 valence electrons. The topological polar surface area (TPSA) is 39.5 Å². The van der Waals surface area contributed by atoms with Gasteiger partial charge >= 0.3 is 0 Å². The first-order valence-corrected chi connectivity index (χ1v) is 12.0. The van der Waals surface area contributed by atoms with E-state index in [4.69, 9.17) is 9.47 Å². The Morgan fingerprint density at radius 1 is 0.882 bits per heavy atom. The molecule has 3 aromatic carbocycles. The number of hydrogen-bond acceptors (Lipinski definition) is 4. The highest BCUT2D eigenvalue weighted by molar-refractivity contribution is 5.47. The lowest BCUT2D eigenvalue weighted by Crippen LogP contribution is -2.49. The molecule has 0 atom stereocenters. The Labute approximate surface area is 201 Å². The number of ether oxygens (including phenoxy) is 2. The molecule has 1 aromatic heterocycles. The quantitative estimate of drug-likeness (QED) is 0.335. The van der Waals surface area contributed by atoms with Crippen molar-refractivity contribution in [2.45, 2.75) is 32.0 Å². The van der Waals surface area contributed by atoms with Crippen molar-refractivity contribution >= 4 is 0 Å². The predicted octanol–water partition coefficient (Wildman–Crippen LogP) is 5.51. The average molecular weight is 454 g/mol. The average Bonchev–Trinajstić information content (AvgIpc) is 3.41. The van der Waals surface area contributed by atoms with Crippen molar-refractivity contribution < 1.29 is 9.47 Å². The number of benzene rings is 3. The van der Waals surface area contributed by atoms with Gasteiger partial charge in [-0.05, 0) is 41.7 Å². The van der Waals surface area contributed by atoms with Crippen molar-refractivity contribution in [3.63, 3.8) is 0 Å². The monoisotopic (exact) mass is 453 g/mol. The lowest BCUT2D eigenvalue weighted by atomic mass is 9.76. The van der Waals surface area contributed by atoms with Crippen LogP contribution in [0.3, 0.4) is 0 Å². The summed E-state index contributed by atoms with van der Waals surface area (Å²) in [6.45, 7) is 5.10. The number of hydrogen-bond donors (Lipinski definition) is 0. The van der Waals surface area contributed by atoms with E-state index in [1.807, 2.05) is 24.8 Å². The smallest absolute Gasteiger partial charge is 0.161 e. The molecule has 0 amide bonds. The summed E-state index contributed by atoms with van der Waals surface area (Å²) in [7, 11) is 0. The molecule has 5 nitrogen and oxygen atoms in total. The van der Waals surface area contributed by atoms with Crippen LogP contribution >= 0.6 is 0 Å². The molecule has 4 aromatic rings. The van der Waals surface area contributed by atoms with Gasteiger partial charge in [-0.2, -0.15) is 0 Å². The Hall–Kier alpha value is -3.57. The number of aromatic nitrogens is 2. The number of rotatable bonds is 9. The second-order valence-corrected chi connectivity index (χ2v) is 8.73. The van der Waals surface area contributed by atoms with Gasteiger partial charge in [0, 0.05) is 18.9 Å². The Balaban J connectivity index is 1.68. The van der Waals surface area contributed by atoms with Crippen LogP contribution in [0.4, 0.5) is 0 Å². The summed E-state index contributed by atoms with van der Waals surface area (Å²) < 4.78 is 13.9. The fraction of sp³-hybridized carbons (Fsp3) is 0.276. The van der Waals surface area contributed by atoms with Gasteiger partial charge in [0.2, 0.25) is 0 Å². The van der Waals surface area contributed by atoms with Gasteiger partial charge in [0.15, 0.2) is 11.5 Å². The summed E-state index contributed by atoms with van der Waals surface area (Å²) in [5, 5.41) is 0. The highest BCUT2D eigenvalue weighted by Crippen LogP contribution is 2.41. The maximum Gasteiger partial charge on any atom is 0.161 e. The maximum absolute atomic E-state index is 5.93. The molecule has 5 rings (SSSR count). The van der Waals surface area contributed by atoms with Gasteiger partial charge < -0.3 is 14.0 Å². The van der Waals surface area contributed by atoms with Crippen LogP contribution in [0.5, 0.6) is 11.5 Å². The zero-order valence-corrected chi connectivity index (χ0v) is 19.6. The van der Waals surface area contributed by atoms with Gasteiger partial charge in [-0.1, -0.05) is 73.7 Å². The van der Waals surface area contributed by atoms with E-state index in [1.165, 1.54) is 16.7 Å². The van der Waals surface area contributed by atoms with E-state index in [0.717, 1.165) is 37.6 Å². The third-order valence-electron chi connectivity index (χ3n) is 6.50. The van der Waals surface area contributed by atoms with Crippen LogP contribution in [0.15, 0.2) is 97.6 Å². The normalized spacial score (nSPS) is 13.2. The van der Waals surface area contributed by atoms with Crippen LogP contribution in [0.1, 0.15) is 30.0 Å². The molecular formula is C29H31N3O2. The molecule has 0 unspecified atom stereocenters. The molecule has 0 saturated heterocycles. The molecule has 1 aliphatic heterocycles. The molecule has 0 radical (unpaired) electrons. The molecule has 0 bridgehead atoms. The van der Waals surface area contributed by atoms with E-state index < -0.39 is 0 Å². The Morgan fingerprint density at radius 2 is 1.56 bits per heavy atom. The van der Waals surface area contributed by atoms with Crippen LogP contribution < -0.4 is 9.47 Å². The van der Waals surface area contributed by atoms with Crippen molar-refractivity contribution in [3.8, 4) is 11.5 Å². The lowest BCUT2D eigenvalue weighted by molar-refractivity contribution is 0.0830. The Bertz CT molecular complexity index is 1140. The zero-order valence-electron chi connectivity index (χ0n) is 19.6. The molecule has 2 heterocycles. The van der Waals surface area contributed by atoms with Gasteiger partial charge in [-0.15, -0.1) is 0 Å². The van der Waals surface area contributed by atoms with Gasteiger partial charge in [-0.3, -0.25) is 4.90 Å². The van der Waals surface area contributed by atoms with Crippen molar-refractivity contribution in [2.24, 2.45) is 0 Å². The number of fused-ring (bicyclic) bond motifs is 1. The lowest BCUT2D eigenvalue weighted by Gasteiger charge is -2.45. The summed E-state index contributed by atoms with van der Waals surface area (Å²) in [5.41, 5.74) is 3.37. The van der Waals surface area contributed by atoms with E-state index in [-0.39, 0.29) is 5.54 Å².